The van der Waals surface area contributed by atoms with Gasteiger partial charge in [-0.25, -0.2) is 4.98 Å². The maximum Gasteiger partial charge on any atom is 0.246 e. The van der Waals surface area contributed by atoms with Crippen LogP contribution >= 0.6 is 0 Å². The molecule has 0 bridgehead atoms. The number of allylic oxidation sites excluding steroid dienone is 1. The Hall–Kier alpha value is -1.84. The second-order valence-electron chi connectivity index (χ2n) is 6.11. The number of hydrogen-bond donors (Lipinski definition) is 0. The summed E-state index contributed by atoms with van der Waals surface area (Å²) in [6.07, 6.45) is 13.0. The molecule has 1 amide bonds. The maximum absolute atomic E-state index is 12.2. The smallest absolute Gasteiger partial charge is 0.246 e. The van der Waals surface area contributed by atoms with Crippen molar-refractivity contribution in [3.05, 3.63) is 36.5 Å². The van der Waals surface area contributed by atoms with Crippen LogP contribution in [0.2, 0.25) is 0 Å². The molecule has 2 rings (SSSR count). The van der Waals surface area contributed by atoms with Crippen LogP contribution in [0, 0.1) is 0 Å². The van der Waals surface area contributed by atoms with Crippen LogP contribution in [0.4, 0.5) is 5.82 Å². The average Bonchev–Trinajstić information content (AvgIpc) is 2.61. The van der Waals surface area contributed by atoms with Crippen molar-refractivity contribution in [1.82, 2.24) is 9.88 Å². The van der Waals surface area contributed by atoms with Crippen molar-refractivity contribution in [2.24, 2.45) is 0 Å². The van der Waals surface area contributed by atoms with Crippen LogP contribution in [0.3, 0.4) is 0 Å². The van der Waals surface area contributed by atoms with Crippen LogP contribution in [-0.2, 0) is 4.79 Å². The first-order valence-corrected chi connectivity index (χ1v) is 8.92. The fraction of sp³-hybridized carbons (Fsp3) is 0.579. The summed E-state index contributed by atoms with van der Waals surface area (Å²) >= 11 is 0. The van der Waals surface area contributed by atoms with Gasteiger partial charge in [-0.2, -0.15) is 0 Å². The Kier molecular flexibility index (Phi) is 7.64. The molecule has 126 valence electrons. The van der Waals surface area contributed by atoms with E-state index in [9.17, 15) is 4.79 Å². The molecule has 23 heavy (non-hydrogen) atoms. The van der Waals surface area contributed by atoms with Crippen molar-refractivity contribution >= 4 is 11.7 Å². The molecular formula is C19H29N3O. The van der Waals surface area contributed by atoms with Gasteiger partial charge in [0.25, 0.3) is 0 Å². The third-order valence-electron chi connectivity index (χ3n) is 4.30. The fourth-order valence-electron chi connectivity index (χ4n) is 2.85. The summed E-state index contributed by atoms with van der Waals surface area (Å²) in [7, 11) is 0. The third-order valence-corrected chi connectivity index (χ3v) is 4.30. The lowest BCUT2D eigenvalue weighted by Crippen LogP contribution is -2.48. The van der Waals surface area contributed by atoms with Gasteiger partial charge in [-0.1, -0.05) is 44.7 Å². The molecule has 0 unspecified atom stereocenters. The predicted molar refractivity (Wildman–Crippen MR) is 95.5 cm³/mol. The van der Waals surface area contributed by atoms with E-state index in [0.29, 0.717) is 0 Å². The van der Waals surface area contributed by atoms with E-state index >= 15 is 0 Å². The Labute approximate surface area is 140 Å². The number of unbranched alkanes of at least 4 members (excludes halogenated alkanes) is 5. The monoisotopic (exact) mass is 315 g/mol. The number of rotatable bonds is 8. The Morgan fingerprint density at radius 1 is 1.13 bits per heavy atom. The van der Waals surface area contributed by atoms with Crippen LogP contribution in [0.1, 0.15) is 45.4 Å². The Balaban J connectivity index is 1.65. The quantitative estimate of drug-likeness (QED) is 0.543. The zero-order valence-electron chi connectivity index (χ0n) is 14.3. The van der Waals surface area contributed by atoms with Gasteiger partial charge < -0.3 is 9.80 Å². The topological polar surface area (TPSA) is 36.4 Å². The Morgan fingerprint density at radius 3 is 2.61 bits per heavy atom. The van der Waals surface area contributed by atoms with E-state index in [2.05, 4.69) is 16.8 Å². The highest BCUT2D eigenvalue weighted by Gasteiger charge is 2.20. The highest BCUT2D eigenvalue weighted by atomic mass is 16.2. The normalized spacial score (nSPS) is 15.3. The second-order valence-corrected chi connectivity index (χ2v) is 6.11. The lowest BCUT2D eigenvalue weighted by Gasteiger charge is -2.34. The van der Waals surface area contributed by atoms with Crippen molar-refractivity contribution < 1.29 is 4.79 Å². The van der Waals surface area contributed by atoms with Crippen molar-refractivity contribution in [3.63, 3.8) is 0 Å². The van der Waals surface area contributed by atoms with E-state index in [-0.39, 0.29) is 5.91 Å². The first-order chi connectivity index (χ1) is 11.3. The minimum absolute atomic E-state index is 0.152. The van der Waals surface area contributed by atoms with Crippen LogP contribution in [0.15, 0.2) is 36.5 Å². The second kappa shape index (κ2) is 10.0. The minimum atomic E-state index is 0.152. The van der Waals surface area contributed by atoms with E-state index < -0.39 is 0 Å². The fourth-order valence-corrected chi connectivity index (χ4v) is 2.85. The molecule has 0 aliphatic carbocycles. The summed E-state index contributed by atoms with van der Waals surface area (Å²) in [5, 5.41) is 0. The summed E-state index contributed by atoms with van der Waals surface area (Å²) < 4.78 is 0. The SMILES string of the molecule is CCCCCCCC=CC(=O)N1CCN(c2ccccn2)CC1. The summed E-state index contributed by atoms with van der Waals surface area (Å²) in [5.74, 6) is 1.15. The molecule has 1 aromatic heterocycles. The first-order valence-electron chi connectivity index (χ1n) is 8.92. The highest BCUT2D eigenvalue weighted by Crippen LogP contribution is 2.13. The number of hydrogen-bond acceptors (Lipinski definition) is 3. The molecule has 0 saturated carbocycles. The number of aromatic nitrogens is 1. The third kappa shape index (κ3) is 6.05. The minimum Gasteiger partial charge on any atom is -0.353 e. The van der Waals surface area contributed by atoms with Gasteiger partial charge >= 0.3 is 0 Å². The lowest BCUT2D eigenvalue weighted by atomic mass is 10.1. The summed E-state index contributed by atoms with van der Waals surface area (Å²) in [5.41, 5.74) is 0. The number of anilines is 1. The number of carbonyl (C=O) groups is 1. The van der Waals surface area contributed by atoms with E-state index in [1.807, 2.05) is 35.4 Å². The molecule has 2 heterocycles. The molecule has 1 aliphatic rings. The lowest BCUT2D eigenvalue weighted by molar-refractivity contribution is -0.126. The molecular weight excluding hydrogens is 286 g/mol. The maximum atomic E-state index is 12.2. The van der Waals surface area contributed by atoms with Gasteiger partial charge in [-0.3, -0.25) is 4.79 Å². The number of pyridine rings is 1. The predicted octanol–water partition coefficient (Wildman–Crippen LogP) is 3.65. The highest BCUT2D eigenvalue weighted by molar-refractivity contribution is 5.87. The molecule has 0 radical (unpaired) electrons. The van der Waals surface area contributed by atoms with Crippen LogP contribution in [0.25, 0.3) is 0 Å². The summed E-state index contributed by atoms with van der Waals surface area (Å²) in [6, 6.07) is 5.95. The average molecular weight is 315 g/mol. The number of nitrogens with zero attached hydrogens (tertiary/aromatic N) is 3. The summed E-state index contributed by atoms with van der Waals surface area (Å²) in [4.78, 5) is 20.7. The van der Waals surface area contributed by atoms with Gasteiger partial charge in [0.2, 0.25) is 5.91 Å². The number of carbonyl (C=O) groups excluding carboxylic acids is 1. The van der Waals surface area contributed by atoms with Gasteiger partial charge in [-0.15, -0.1) is 0 Å². The van der Waals surface area contributed by atoms with Crippen molar-refractivity contribution in [2.45, 2.75) is 45.4 Å². The van der Waals surface area contributed by atoms with E-state index in [0.717, 1.165) is 38.4 Å². The van der Waals surface area contributed by atoms with Crippen LogP contribution < -0.4 is 4.90 Å². The molecule has 4 heteroatoms. The van der Waals surface area contributed by atoms with E-state index in [1.54, 1.807) is 6.08 Å². The van der Waals surface area contributed by atoms with Gasteiger partial charge in [-0.05, 0) is 31.1 Å². The van der Waals surface area contributed by atoms with Gasteiger partial charge in [0.15, 0.2) is 0 Å². The Morgan fingerprint density at radius 2 is 1.91 bits per heavy atom. The molecule has 0 N–H and O–H groups in total. The van der Waals surface area contributed by atoms with Crippen molar-refractivity contribution in [3.8, 4) is 0 Å². The zero-order chi connectivity index (χ0) is 16.3. The molecule has 1 aromatic rings. The standard InChI is InChI=1S/C19H29N3O/c1-2-3-4-5-6-7-8-12-19(23)22-16-14-21(15-17-22)18-11-9-10-13-20-18/h8-13H,2-7,14-17H2,1H3. The van der Waals surface area contributed by atoms with Crippen LogP contribution in [-0.4, -0.2) is 42.0 Å². The molecule has 0 atom stereocenters. The molecule has 0 aromatic carbocycles. The zero-order valence-corrected chi connectivity index (χ0v) is 14.3. The summed E-state index contributed by atoms with van der Waals surface area (Å²) in [6.45, 7) is 5.49. The van der Waals surface area contributed by atoms with Gasteiger partial charge in [0.1, 0.15) is 5.82 Å². The molecule has 1 fully saturated rings. The van der Waals surface area contributed by atoms with Gasteiger partial charge in [0.05, 0.1) is 0 Å². The first kappa shape index (κ1) is 17.5. The molecule has 4 nitrogen and oxygen atoms in total. The van der Waals surface area contributed by atoms with E-state index in [1.165, 1.54) is 32.1 Å². The number of amides is 1. The van der Waals surface area contributed by atoms with Crippen molar-refractivity contribution in [2.75, 3.05) is 31.1 Å². The van der Waals surface area contributed by atoms with E-state index in [4.69, 9.17) is 0 Å². The van der Waals surface area contributed by atoms with Gasteiger partial charge in [0, 0.05) is 32.4 Å². The van der Waals surface area contributed by atoms with Crippen LogP contribution in [0.5, 0.6) is 0 Å². The number of piperazine rings is 1. The molecule has 1 saturated heterocycles. The van der Waals surface area contributed by atoms with Crippen molar-refractivity contribution in [1.29, 1.82) is 0 Å². The molecule has 0 spiro atoms. The largest absolute Gasteiger partial charge is 0.353 e. The molecule has 1 aliphatic heterocycles. The Bertz CT molecular complexity index is 479.